The second-order valence-corrected chi connectivity index (χ2v) is 6.24. The number of hydrogen-bond acceptors (Lipinski definition) is 3. The third-order valence-electron chi connectivity index (χ3n) is 3.98. The van der Waals surface area contributed by atoms with Gasteiger partial charge in [0.2, 0.25) is 5.91 Å². The van der Waals surface area contributed by atoms with Crippen molar-refractivity contribution < 1.29 is 9.53 Å². The molecule has 122 valence electrons. The molecule has 1 aliphatic rings. The van der Waals surface area contributed by atoms with E-state index in [4.69, 9.17) is 16.3 Å². The zero-order valence-corrected chi connectivity index (χ0v) is 14.2. The van der Waals surface area contributed by atoms with Crippen LogP contribution in [0.25, 0.3) is 0 Å². The molecular weight excluding hydrogens is 300 g/mol. The molecule has 0 aliphatic carbocycles. The van der Waals surface area contributed by atoms with E-state index in [2.05, 4.69) is 10.2 Å². The topological polar surface area (TPSA) is 41.6 Å². The number of likely N-dealkylation sites (N-methyl/N-ethyl adjacent to an activating group) is 1. The second-order valence-electron chi connectivity index (χ2n) is 5.83. The summed E-state index contributed by atoms with van der Waals surface area (Å²) >= 11 is 6.20. The Morgan fingerprint density at radius 3 is 2.95 bits per heavy atom. The van der Waals surface area contributed by atoms with Gasteiger partial charge in [-0.05, 0) is 51.1 Å². The lowest BCUT2D eigenvalue weighted by molar-refractivity contribution is -0.120. The number of hydrogen-bond donors (Lipinski definition) is 1. The number of halogens is 1. The Balaban J connectivity index is 2.00. The van der Waals surface area contributed by atoms with Gasteiger partial charge in [0.05, 0.1) is 17.7 Å². The van der Waals surface area contributed by atoms with Gasteiger partial charge < -0.3 is 10.1 Å². The SMILES string of the molecule is CCCOc1ccc(NC(=O)C2CCCCCN2C)cc1Cl. The van der Waals surface area contributed by atoms with Crippen molar-refractivity contribution in [3.63, 3.8) is 0 Å². The van der Waals surface area contributed by atoms with Gasteiger partial charge in [-0.3, -0.25) is 9.69 Å². The molecule has 0 bridgehead atoms. The monoisotopic (exact) mass is 324 g/mol. The fourth-order valence-electron chi connectivity index (χ4n) is 2.72. The van der Waals surface area contributed by atoms with Crippen molar-refractivity contribution in [2.45, 2.75) is 45.1 Å². The smallest absolute Gasteiger partial charge is 0.241 e. The first-order valence-electron chi connectivity index (χ1n) is 8.05. The summed E-state index contributed by atoms with van der Waals surface area (Å²) in [4.78, 5) is 14.6. The molecule has 1 atom stereocenters. The van der Waals surface area contributed by atoms with E-state index in [0.717, 1.165) is 37.9 Å². The van der Waals surface area contributed by atoms with E-state index in [1.54, 1.807) is 6.07 Å². The minimum atomic E-state index is -0.0581. The van der Waals surface area contributed by atoms with Gasteiger partial charge in [-0.25, -0.2) is 0 Å². The summed E-state index contributed by atoms with van der Waals surface area (Å²) in [6.45, 7) is 3.66. The number of likely N-dealkylation sites (tertiary alicyclic amines) is 1. The van der Waals surface area contributed by atoms with Gasteiger partial charge in [-0.1, -0.05) is 31.4 Å². The lowest BCUT2D eigenvalue weighted by Gasteiger charge is -2.24. The van der Waals surface area contributed by atoms with Crippen molar-refractivity contribution in [3.05, 3.63) is 23.2 Å². The number of ether oxygens (including phenoxy) is 1. The number of amides is 1. The van der Waals surface area contributed by atoms with Crippen LogP contribution in [0.3, 0.4) is 0 Å². The molecule has 4 nitrogen and oxygen atoms in total. The van der Waals surface area contributed by atoms with Crippen molar-refractivity contribution in [2.24, 2.45) is 0 Å². The van der Waals surface area contributed by atoms with Crippen LogP contribution in [0.15, 0.2) is 18.2 Å². The predicted octanol–water partition coefficient (Wildman–Crippen LogP) is 3.94. The molecule has 5 heteroatoms. The molecule has 22 heavy (non-hydrogen) atoms. The Hall–Kier alpha value is -1.26. The molecule has 1 saturated heterocycles. The summed E-state index contributed by atoms with van der Waals surface area (Å²) in [7, 11) is 2.02. The summed E-state index contributed by atoms with van der Waals surface area (Å²) in [6.07, 6.45) is 5.31. The highest BCUT2D eigenvalue weighted by molar-refractivity contribution is 6.32. The van der Waals surface area contributed by atoms with E-state index >= 15 is 0 Å². The minimum Gasteiger partial charge on any atom is -0.492 e. The van der Waals surface area contributed by atoms with Crippen LogP contribution in [-0.4, -0.2) is 37.0 Å². The van der Waals surface area contributed by atoms with E-state index in [1.807, 2.05) is 26.1 Å². The summed E-state index contributed by atoms with van der Waals surface area (Å²) in [5.41, 5.74) is 0.719. The quantitative estimate of drug-likeness (QED) is 0.892. The summed E-state index contributed by atoms with van der Waals surface area (Å²) in [5, 5.41) is 3.50. The number of anilines is 1. The lowest BCUT2D eigenvalue weighted by Crippen LogP contribution is -2.41. The highest BCUT2D eigenvalue weighted by atomic mass is 35.5. The van der Waals surface area contributed by atoms with Gasteiger partial charge >= 0.3 is 0 Å². The Kier molecular flexibility index (Phi) is 6.52. The van der Waals surface area contributed by atoms with Crippen LogP contribution in [0.5, 0.6) is 5.75 Å². The Labute approximate surface area is 137 Å². The first-order valence-corrected chi connectivity index (χ1v) is 8.43. The minimum absolute atomic E-state index is 0.0442. The molecule has 1 aromatic rings. The Bertz CT molecular complexity index is 507. The van der Waals surface area contributed by atoms with Crippen molar-refractivity contribution in [1.29, 1.82) is 0 Å². The third-order valence-corrected chi connectivity index (χ3v) is 4.28. The third kappa shape index (κ3) is 4.62. The van der Waals surface area contributed by atoms with Gasteiger partial charge in [0, 0.05) is 5.69 Å². The van der Waals surface area contributed by atoms with Gasteiger partial charge in [0.25, 0.3) is 0 Å². The lowest BCUT2D eigenvalue weighted by atomic mass is 10.1. The highest BCUT2D eigenvalue weighted by Crippen LogP contribution is 2.28. The molecule has 1 fully saturated rings. The number of carbonyl (C=O) groups excluding carboxylic acids is 1. The number of rotatable bonds is 5. The normalized spacial score (nSPS) is 19.5. The van der Waals surface area contributed by atoms with Crippen molar-refractivity contribution >= 4 is 23.2 Å². The molecule has 1 N–H and O–H groups in total. The van der Waals surface area contributed by atoms with Gasteiger partial charge in [-0.15, -0.1) is 0 Å². The number of nitrogens with zero attached hydrogens (tertiary/aromatic N) is 1. The fourth-order valence-corrected chi connectivity index (χ4v) is 2.95. The molecule has 1 heterocycles. The summed E-state index contributed by atoms with van der Waals surface area (Å²) in [6, 6.07) is 5.34. The van der Waals surface area contributed by atoms with Crippen LogP contribution in [0.1, 0.15) is 39.0 Å². The first kappa shape index (κ1) is 17.1. The van der Waals surface area contributed by atoms with Crippen LogP contribution in [0.4, 0.5) is 5.69 Å². The van der Waals surface area contributed by atoms with Gasteiger partial charge in [-0.2, -0.15) is 0 Å². The van der Waals surface area contributed by atoms with E-state index in [9.17, 15) is 4.79 Å². The van der Waals surface area contributed by atoms with Crippen LogP contribution in [0.2, 0.25) is 5.02 Å². The maximum absolute atomic E-state index is 12.5. The largest absolute Gasteiger partial charge is 0.492 e. The molecule has 0 radical (unpaired) electrons. The molecule has 1 unspecified atom stereocenters. The van der Waals surface area contributed by atoms with Crippen molar-refractivity contribution in [2.75, 3.05) is 25.5 Å². The van der Waals surface area contributed by atoms with E-state index in [1.165, 1.54) is 6.42 Å². The Morgan fingerprint density at radius 1 is 1.41 bits per heavy atom. The molecule has 0 spiro atoms. The molecule has 1 amide bonds. The fraction of sp³-hybridized carbons (Fsp3) is 0.588. The second kappa shape index (κ2) is 8.39. The summed E-state index contributed by atoms with van der Waals surface area (Å²) < 4.78 is 5.54. The predicted molar refractivity (Wildman–Crippen MR) is 90.8 cm³/mol. The molecule has 1 aromatic carbocycles. The zero-order chi connectivity index (χ0) is 15.9. The van der Waals surface area contributed by atoms with Gasteiger partial charge in [0.1, 0.15) is 5.75 Å². The average molecular weight is 325 g/mol. The van der Waals surface area contributed by atoms with E-state index in [0.29, 0.717) is 17.4 Å². The van der Waals surface area contributed by atoms with Crippen LogP contribution >= 0.6 is 11.6 Å². The highest BCUT2D eigenvalue weighted by Gasteiger charge is 2.24. The standard InChI is InChI=1S/C17H25ClN2O2/c1-3-11-22-16-9-8-13(12-14(16)18)19-17(21)15-7-5-4-6-10-20(15)2/h8-9,12,15H,3-7,10-11H2,1-2H3,(H,19,21). The van der Waals surface area contributed by atoms with Crippen LogP contribution < -0.4 is 10.1 Å². The maximum atomic E-state index is 12.5. The van der Waals surface area contributed by atoms with Crippen molar-refractivity contribution in [3.8, 4) is 5.75 Å². The number of carbonyl (C=O) groups is 1. The first-order chi connectivity index (χ1) is 10.6. The average Bonchev–Trinajstić information content (AvgIpc) is 2.71. The molecule has 0 aromatic heterocycles. The molecular formula is C17H25ClN2O2. The van der Waals surface area contributed by atoms with E-state index < -0.39 is 0 Å². The van der Waals surface area contributed by atoms with Crippen LogP contribution in [-0.2, 0) is 4.79 Å². The zero-order valence-electron chi connectivity index (χ0n) is 13.4. The van der Waals surface area contributed by atoms with Crippen LogP contribution in [0, 0.1) is 0 Å². The van der Waals surface area contributed by atoms with Crippen molar-refractivity contribution in [1.82, 2.24) is 4.90 Å². The molecule has 1 aliphatic heterocycles. The number of benzene rings is 1. The number of nitrogens with one attached hydrogen (secondary N) is 1. The maximum Gasteiger partial charge on any atom is 0.241 e. The van der Waals surface area contributed by atoms with Gasteiger partial charge in [0.15, 0.2) is 0 Å². The molecule has 2 rings (SSSR count). The molecule has 0 saturated carbocycles. The Morgan fingerprint density at radius 2 is 2.23 bits per heavy atom. The van der Waals surface area contributed by atoms with E-state index in [-0.39, 0.29) is 11.9 Å². The summed E-state index contributed by atoms with van der Waals surface area (Å²) in [5.74, 6) is 0.704.